The van der Waals surface area contributed by atoms with E-state index in [1.165, 1.54) is 30.7 Å². The molecule has 0 bridgehead atoms. The number of halogens is 3. The number of anilines is 2. The van der Waals surface area contributed by atoms with E-state index in [0.29, 0.717) is 33.6 Å². The number of ether oxygens (including phenoxy) is 1. The number of amides is 1. The van der Waals surface area contributed by atoms with E-state index < -0.39 is 11.9 Å². The first kappa shape index (κ1) is 29.6. The van der Waals surface area contributed by atoms with Crippen molar-refractivity contribution in [1.82, 2.24) is 24.8 Å². The zero-order chi connectivity index (χ0) is 30.0. The number of nitrogens with one attached hydrogen (secondary N) is 2. The second-order valence-electron chi connectivity index (χ2n) is 10.8. The summed E-state index contributed by atoms with van der Waals surface area (Å²) in [7, 11) is 0. The van der Waals surface area contributed by atoms with Gasteiger partial charge < -0.3 is 15.4 Å². The van der Waals surface area contributed by atoms with Gasteiger partial charge in [-0.2, -0.15) is 13.2 Å². The lowest BCUT2D eigenvalue weighted by molar-refractivity contribution is -0.141. The predicted molar refractivity (Wildman–Crippen MR) is 157 cm³/mol. The van der Waals surface area contributed by atoms with Crippen molar-refractivity contribution in [3.8, 4) is 22.9 Å². The lowest BCUT2D eigenvalue weighted by Crippen LogP contribution is -2.43. The molecule has 1 unspecified atom stereocenters. The first-order valence-corrected chi connectivity index (χ1v) is 14.6. The van der Waals surface area contributed by atoms with Gasteiger partial charge in [-0.05, 0) is 56.5 Å². The van der Waals surface area contributed by atoms with Crippen molar-refractivity contribution in [1.29, 1.82) is 0 Å². The highest BCUT2D eigenvalue weighted by Crippen LogP contribution is 2.37. The molecule has 222 valence electrons. The fraction of sp³-hybridized carbons (Fsp3) is 0.414. The second kappa shape index (κ2) is 12.2. The van der Waals surface area contributed by atoms with E-state index in [2.05, 4.69) is 49.3 Å². The van der Waals surface area contributed by atoms with Crippen LogP contribution in [0.3, 0.4) is 0 Å². The van der Waals surface area contributed by atoms with Gasteiger partial charge in [0.15, 0.2) is 10.9 Å². The highest BCUT2D eigenvalue weighted by atomic mass is 32.1. The Morgan fingerprint density at radius 3 is 2.71 bits per heavy atom. The van der Waals surface area contributed by atoms with Crippen LogP contribution in [0.1, 0.15) is 46.2 Å². The lowest BCUT2D eigenvalue weighted by atomic mass is 10.0. The van der Waals surface area contributed by atoms with Gasteiger partial charge >= 0.3 is 6.18 Å². The standard InChI is InChI=1S/C29H32F3N7O2S/c1-16(2)14-39-12-6-7-21(39)17(3)35-27-19(10-11-24(37-27)29(30,31)32)20-13-25(34-15-33-20)41-22-8-5-9-23-26(22)38-28(42-23)36-18(4)40/h5,8-11,13,15-17,21H,6-7,12,14H2,1-4H3,(H,35,37)(H,36,38,40)/t17-,21?/m1/s1. The van der Waals surface area contributed by atoms with Crippen molar-refractivity contribution < 1.29 is 22.7 Å². The number of fused-ring (bicyclic) bond motifs is 1. The summed E-state index contributed by atoms with van der Waals surface area (Å²) in [6, 6.07) is 9.27. The van der Waals surface area contributed by atoms with E-state index in [9.17, 15) is 18.0 Å². The molecule has 1 aliphatic rings. The van der Waals surface area contributed by atoms with Crippen LogP contribution in [0.2, 0.25) is 0 Å². The molecule has 1 aromatic carbocycles. The van der Waals surface area contributed by atoms with Gasteiger partial charge in [0, 0.05) is 37.2 Å². The Morgan fingerprint density at radius 2 is 1.98 bits per heavy atom. The number of benzene rings is 1. The summed E-state index contributed by atoms with van der Waals surface area (Å²) in [4.78, 5) is 30.9. The van der Waals surface area contributed by atoms with Gasteiger partial charge in [-0.1, -0.05) is 31.3 Å². The van der Waals surface area contributed by atoms with Crippen LogP contribution in [0.4, 0.5) is 24.1 Å². The van der Waals surface area contributed by atoms with Gasteiger partial charge in [0.1, 0.15) is 23.4 Å². The van der Waals surface area contributed by atoms with Crippen molar-refractivity contribution in [2.75, 3.05) is 23.7 Å². The van der Waals surface area contributed by atoms with Gasteiger partial charge in [-0.25, -0.2) is 19.9 Å². The molecular weight excluding hydrogens is 567 g/mol. The third-order valence-electron chi connectivity index (χ3n) is 6.94. The zero-order valence-electron chi connectivity index (χ0n) is 23.7. The molecule has 5 rings (SSSR count). The Bertz CT molecular complexity index is 1580. The van der Waals surface area contributed by atoms with E-state index in [1.807, 2.05) is 13.0 Å². The van der Waals surface area contributed by atoms with Crippen molar-refractivity contribution >= 4 is 38.4 Å². The van der Waals surface area contributed by atoms with Crippen LogP contribution in [0.25, 0.3) is 21.5 Å². The van der Waals surface area contributed by atoms with Gasteiger partial charge in [0.05, 0.1) is 10.4 Å². The van der Waals surface area contributed by atoms with Gasteiger partial charge in [0.25, 0.3) is 0 Å². The van der Waals surface area contributed by atoms with Crippen molar-refractivity contribution in [3.05, 3.63) is 48.4 Å². The average molecular weight is 600 g/mol. The van der Waals surface area contributed by atoms with Crippen molar-refractivity contribution in [3.63, 3.8) is 0 Å². The molecule has 42 heavy (non-hydrogen) atoms. The maximum atomic E-state index is 13.7. The molecule has 9 nitrogen and oxygen atoms in total. The quantitative estimate of drug-likeness (QED) is 0.216. The summed E-state index contributed by atoms with van der Waals surface area (Å²) in [6.45, 7) is 9.58. The van der Waals surface area contributed by atoms with Gasteiger partial charge in [-0.3, -0.25) is 9.69 Å². The van der Waals surface area contributed by atoms with Crippen LogP contribution >= 0.6 is 11.3 Å². The first-order valence-electron chi connectivity index (χ1n) is 13.7. The minimum Gasteiger partial charge on any atom is -0.437 e. The topological polar surface area (TPSA) is 105 Å². The summed E-state index contributed by atoms with van der Waals surface area (Å²) in [5, 5.41) is 6.39. The molecule has 1 fully saturated rings. The predicted octanol–water partition coefficient (Wildman–Crippen LogP) is 6.84. The summed E-state index contributed by atoms with van der Waals surface area (Å²) in [5.74, 6) is 0.932. The number of hydrogen-bond acceptors (Lipinski definition) is 9. The Kier molecular flexibility index (Phi) is 8.60. The van der Waals surface area contributed by atoms with Crippen LogP contribution in [-0.2, 0) is 11.0 Å². The average Bonchev–Trinajstić information content (AvgIpc) is 3.54. The molecular formula is C29H32F3N7O2S. The van der Waals surface area contributed by atoms with Crippen LogP contribution in [0.15, 0.2) is 42.7 Å². The molecule has 0 aliphatic carbocycles. The minimum absolute atomic E-state index is 0.0972. The minimum atomic E-state index is -4.60. The number of nitrogens with zero attached hydrogens (tertiary/aromatic N) is 5. The largest absolute Gasteiger partial charge is 0.437 e. The van der Waals surface area contributed by atoms with E-state index in [4.69, 9.17) is 4.74 Å². The number of carbonyl (C=O) groups is 1. The van der Waals surface area contributed by atoms with E-state index >= 15 is 0 Å². The summed E-state index contributed by atoms with van der Waals surface area (Å²) < 4.78 is 47.9. The van der Waals surface area contributed by atoms with Crippen LogP contribution in [-0.4, -0.2) is 55.9 Å². The molecule has 0 saturated carbocycles. The monoisotopic (exact) mass is 599 g/mol. The Balaban J connectivity index is 1.45. The fourth-order valence-electron chi connectivity index (χ4n) is 5.22. The molecule has 1 saturated heterocycles. The SMILES string of the molecule is CC(=O)Nc1nc2c(Oc3cc(-c4ccc(C(F)(F)F)nc4N[C@H](C)C4CCCN4CC(C)C)ncn3)cccc2s1. The highest BCUT2D eigenvalue weighted by Gasteiger charge is 2.35. The second-order valence-corrected chi connectivity index (χ2v) is 11.8. The zero-order valence-corrected chi connectivity index (χ0v) is 24.5. The number of pyridine rings is 1. The number of hydrogen-bond donors (Lipinski definition) is 2. The van der Waals surface area contributed by atoms with E-state index in [1.54, 1.807) is 18.2 Å². The number of aromatic nitrogens is 4. The number of likely N-dealkylation sites (tertiary alicyclic amines) is 1. The Hall–Kier alpha value is -3.84. The Labute approximate surface area is 245 Å². The highest BCUT2D eigenvalue weighted by molar-refractivity contribution is 7.22. The molecule has 1 amide bonds. The van der Waals surface area contributed by atoms with E-state index in [-0.39, 0.29) is 29.7 Å². The molecule has 2 N–H and O–H groups in total. The summed E-state index contributed by atoms with van der Waals surface area (Å²) in [5.41, 5.74) is 0.310. The number of rotatable bonds is 9. The molecule has 1 aliphatic heterocycles. The number of carbonyl (C=O) groups excluding carboxylic acids is 1. The van der Waals surface area contributed by atoms with E-state index in [0.717, 1.165) is 36.7 Å². The molecule has 3 aromatic heterocycles. The summed E-state index contributed by atoms with van der Waals surface area (Å²) in [6.07, 6.45) is -1.32. The van der Waals surface area contributed by atoms with Crippen LogP contribution in [0, 0.1) is 5.92 Å². The maximum absolute atomic E-state index is 13.7. The maximum Gasteiger partial charge on any atom is 0.433 e. The van der Waals surface area contributed by atoms with Gasteiger partial charge in [-0.15, -0.1) is 0 Å². The third-order valence-corrected chi connectivity index (χ3v) is 7.87. The third kappa shape index (κ3) is 6.79. The molecule has 4 heterocycles. The van der Waals surface area contributed by atoms with Crippen LogP contribution in [0.5, 0.6) is 11.6 Å². The molecule has 13 heteroatoms. The fourth-order valence-corrected chi connectivity index (χ4v) is 6.15. The Morgan fingerprint density at radius 1 is 1.17 bits per heavy atom. The molecule has 0 spiro atoms. The lowest BCUT2D eigenvalue weighted by Gasteiger charge is -2.32. The van der Waals surface area contributed by atoms with Gasteiger partial charge in [0.2, 0.25) is 11.8 Å². The van der Waals surface area contributed by atoms with Crippen molar-refractivity contribution in [2.24, 2.45) is 5.92 Å². The molecule has 2 atom stereocenters. The number of para-hydroxylation sites is 1. The molecule has 0 radical (unpaired) electrons. The normalized spacial score (nSPS) is 16.6. The first-order chi connectivity index (χ1) is 20.0. The summed E-state index contributed by atoms with van der Waals surface area (Å²) >= 11 is 1.31. The smallest absolute Gasteiger partial charge is 0.433 e. The number of alkyl halides is 3. The van der Waals surface area contributed by atoms with Crippen LogP contribution < -0.4 is 15.4 Å². The van der Waals surface area contributed by atoms with Crippen molar-refractivity contribution in [2.45, 2.75) is 58.8 Å². The molecule has 4 aromatic rings. The number of thiazole rings is 1.